The molecule has 0 aliphatic carbocycles. The van der Waals surface area contributed by atoms with Crippen molar-refractivity contribution in [2.45, 2.75) is 13.8 Å². The summed E-state index contributed by atoms with van der Waals surface area (Å²) in [4.78, 5) is 28.8. The van der Waals surface area contributed by atoms with Crippen molar-refractivity contribution in [3.05, 3.63) is 171 Å². The molecule has 0 fully saturated rings. The predicted octanol–water partition coefficient (Wildman–Crippen LogP) is 10.8. The van der Waals surface area contributed by atoms with Gasteiger partial charge < -0.3 is 0 Å². The second-order valence-corrected chi connectivity index (χ2v) is 11.2. The molecule has 8 rings (SSSR count). The summed E-state index contributed by atoms with van der Waals surface area (Å²) in [6.07, 6.45) is 10.9. The molecule has 0 aliphatic heterocycles. The quantitative estimate of drug-likeness (QED) is 0.171. The van der Waals surface area contributed by atoms with Crippen molar-refractivity contribution in [3.63, 3.8) is 0 Å². The third-order valence-corrected chi connectivity index (χ3v) is 8.22. The normalized spacial score (nSPS) is 10.6. The zero-order chi connectivity index (χ0) is 34.1. The van der Waals surface area contributed by atoms with Crippen LogP contribution in [-0.2, 0) is 0 Å². The number of rotatable bonds is 7. The molecule has 0 saturated carbocycles. The van der Waals surface area contributed by atoms with E-state index in [2.05, 4.69) is 24.3 Å². The summed E-state index contributed by atoms with van der Waals surface area (Å²) >= 11 is 0. The van der Waals surface area contributed by atoms with E-state index in [9.17, 15) is 0 Å². The van der Waals surface area contributed by atoms with E-state index in [1.807, 2.05) is 160 Å². The first-order chi connectivity index (χ1) is 24.8. The van der Waals surface area contributed by atoms with Gasteiger partial charge in [0.05, 0.1) is 34.2 Å². The molecule has 0 atom stereocenters. The highest BCUT2D eigenvalue weighted by atomic mass is 14.7. The molecular formula is C44H34N6. The van der Waals surface area contributed by atoms with E-state index in [1.165, 1.54) is 0 Å². The summed E-state index contributed by atoms with van der Waals surface area (Å²) < 4.78 is 0. The molecule has 6 heterocycles. The summed E-state index contributed by atoms with van der Waals surface area (Å²) in [5.74, 6) is 0. The maximum atomic E-state index is 4.81. The molecule has 0 bridgehead atoms. The molecule has 2 aromatic carbocycles. The van der Waals surface area contributed by atoms with Crippen LogP contribution in [0.25, 0.3) is 78.7 Å². The molecule has 240 valence electrons. The van der Waals surface area contributed by atoms with Crippen LogP contribution >= 0.6 is 0 Å². The predicted molar refractivity (Wildman–Crippen MR) is 203 cm³/mol. The highest BCUT2D eigenvalue weighted by Crippen LogP contribution is 2.45. The molecule has 0 radical (unpaired) electrons. The third kappa shape index (κ3) is 6.55. The van der Waals surface area contributed by atoms with E-state index >= 15 is 0 Å². The largest absolute Gasteiger partial charge is 0.256 e. The maximum absolute atomic E-state index is 4.81. The molecule has 6 aromatic heterocycles. The van der Waals surface area contributed by atoms with Crippen molar-refractivity contribution in [2.75, 3.05) is 0 Å². The summed E-state index contributed by atoms with van der Waals surface area (Å²) in [6.45, 7) is 4.00. The SMILES string of the molecule is CC.c1ccc(-c2cc(-c3cc(-c4ccccn4)c(-c4ccccn4)c(-c4ccccn4)c3)cc(-c3ccccn3)c2-c2ccccn2)nc1. The topological polar surface area (TPSA) is 77.3 Å². The van der Waals surface area contributed by atoms with E-state index < -0.39 is 0 Å². The fraction of sp³-hybridized carbons (Fsp3) is 0.0455. The van der Waals surface area contributed by atoms with Crippen molar-refractivity contribution >= 4 is 0 Å². The van der Waals surface area contributed by atoms with Crippen LogP contribution in [0.1, 0.15) is 13.8 Å². The van der Waals surface area contributed by atoms with Gasteiger partial charge in [-0.05, 0) is 108 Å². The highest BCUT2D eigenvalue weighted by molar-refractivity contribution is 5.99. The van der Waals surface area contributed by atoms with E-state index in [1.54, 1.807) is 0 Å². The molecule has 0 N–H and O–H groups in total. The average Bonchev–Trinajstić information content (AvgIpc) is 3.22. The Balaban J connectivity index is 0.00000193. The minimum atomic E-state index is 0.845. The Kier molecular flexibility index (Phi) is 9.61. The smallest absolute Gasteiger partial charge is 0.0715 e. The molecule has 6 heteroatoms. The number of hydrogen-bond donors (Lipinski definition) is 0. The zero-order valence-corrected chi connectivity index (χ0v) is 27.8. The minimum Gasteiger partial charge on any atom is -0.256 e. The van der Waals surface area contributed by atoms with Gasteiger partial charge in [0.15, 0.2) is 0 Å². The highest BCUT2D eigenvalue weighted by Gasteiger charge is 2.22. The third-order valence-electron chi connectivity index (χ3n) is 8.22. The Morgan fingerprint density at radius 2 is 0.500 bits per heavy atom. The van der Waals surface area contributed by atoms with Crippen LogP contribution in [-0.4, -0.2) is 29.9 Å². The maximum Gasteiger partial charge on any atom is 0.0715 e. The van der Waals surface area contributed by atoms with Crippen LogP contribution in [0.4, 0.5) is 0 Å². The Hall–Kier alpha value is -6.66. The van der Waals surface area contributed by atoms with Crippen LogP contribution in [0.2, 0.25) is 0 Å². The van der Waals surface area contributed by atoms with Gasteiger partial charge in [-0.25, -0.2) is 0 Å². The van der Waals surface area contributed by atoms with Gasteiger partial charge in [0.2, 0.25) is 0 Å². The zero-order valence-electron chi connectivity index (χ0n) is 27.8. The molecule has 50 heavy (non-hydrogen) atoms. The molecule has 0 spiro atoms. The Labute approximate surface area is 292 Å². The Morgan fingerprint density at radius 3 is 0.700 bits per heavy atom. The monoisotopic (exact) mass is 646 g/mol. The molecule has 8 aromatic rings. The molecule has 0 unspecified atom stereocenters. The molecule has 6 nitrogen and oxygen atoms in total. The number of benzene rings is 2. The first-order valence-electron chi connectivity index (χ1n) is 16.7. The molecule has 0 saturated heterocycles. The number of nitrogens with zero attached hydrogens (tertiary/aromatic N) is 6. The number of hydrogen-bond acceptors (Lipinski definition) is 6. The van der Waals surface area contributed by atoms with Crippen LogP contribution in [0.5, 0.6) is 0 Å². The fourth-order valence-corrected chi connectivity index (χ4v) is 6.09. The van der Waals surface area contributed by atoms with Crippen molar-refractivity contribution in [2.24, 2.45) is 0 Å². The first kappa shape index (κ1) is 31.9. The standard InChI is InChI=1S/C42H28N6.C2H6/c1-7-19-43-35(13-1)31-25-29(26-32(36-14-2-8-20-44-36)41(31)39-17-5-11-23-47-39)30-27-33(37-15-3-9-21-45-37)42(40-18-6-12-24-48-40)34(28-30)38-16-4-10-22-46-38;1-2/h1-28H;1-2H3. The van der Waals surface area contributed by atoms with Gasteiger partial charge in [0.25, 0.3) is 0 Å². The van der Waals surface area contributed by atoms with Gasteiger partial charge in [-0.3, -0.25) is 29.9 Å². The summed E-state index contributed by atoms with van der Waals surface area (Å²) in [5.41, 5.74) is 12.8. The molecule has 0 amide bonds. The van der Waals surface area contributed by atoms with Gasteiger partial charge in [0, 0.05) is 70.6 Å². The van der Waals surface area contributed by atoms with Gasteiger partial charge in [-0.2, -0.15) is 0 Å². The average molecular weight is 647 g/mol. The van der Waals surface area contributed by atoms with Crippen molar-refractivity contribution < 1.29 is 0 Å². The molecule has 0 aliphatic rings. The lowest BCUT2D eigenvalue weighted by molar-refractivity contribution is 1.28. The Bertz CT molecular complexity index is 2010. The molecular weight excluding hydrogens is 613 g/mol. The number of pyridine rings is 6. The van der Waals surface area contributed by atoms with E-state index in [0.29, 0.717) is 0 Å². The van der Waals surface area contributed by atoms with Crippen LogP contribution in [0, 0.1) is 0 Å². The summed E-state index contributed by atoms with van der Waals surface area (Å²) in [5, 5.41) is 0. The van der Waals surface area contributed by atoms with Crippen molar-refractivity contribution in [1.29, 1.82) is 0 Å². The first-order valence-corrected chi connectivity index (χ1v) is 16.7. The minimum absolute atomic E-state index is 0.845. The van der Waals surface area contributed by atoms with Gasteiger partial charge in [-0.1, -0.05) is 50.2 Å². The Morgan fingerprint density at radius 1 is 0.280 bits per heavy atom. The van der Waals surface area contributed by atoms with Crippen LogP contribution < -0.4 is 0 Å². The van der Waals surface area contributed by atoms with E-state index in [0.717, 1.165) is 78.7 Å². The van der Waals surface area contributed by atoms with E-state index in [-0.39, 0.29) is 0 Å². The van der Waals surface area contributed by atoms with Crippen LogP contribution in [0.15, 0.2) is 171 Å². The lowest BCUT2D eigenvalue weighted by Gasteiger charge is -2.20. The second kappa shape index (κ2) is 15.0. The van der Waals surface area contributed by atoms with Crippen molar-refractivity contribution in [1.82, 2.24) is 29.9 Å². The van der Waals surface area contributed by atoms with Gasteiger partial charge >= 0.3 is 0 Å². The summed E-state index contributed by atoms with van der Waals surface area (Å²) in [6, 6.07) is 44.7. The van der Waals surface area contributed by atoms with Gasteiger partial charge in [0.1, 0.15) is 0 Å². The van der Waals surface area contributed by atoms with E-state index in [4.69, 9.17) is 29.9 Å². The lowest BCUT2D eigenvalue weighted by atomic mass is 9.85. The second-order valence-electron chi connectivity index (χ2n) is 11.2. The van der Waals surface area contributed by atoms with Crippen molar-refractivity contribution in [3.8, 4) is 78.7 Å². The lowest BCUT2D eigenvalue weighted by Crippen LogP contribution is -1.98. The van der Waals surface area contributed by atoms with Gasteiger partial charge in [-0.15, -0.1) is 0 Å². The number of aromatic nitrogens is 6. The van der Waals surface area contributed by atoms with Crippen LogP contribution in [0.3, 0.4) is 0 Å². The fourth-order valence-electron chi connectivity index (χ4n) is 6.09. The summed E-state index contributed by atoms with van der Waals surface area (Å²) in [7, 11) is 0.